The number of phenols is 1. The molecular weight excluding hydrogens is 304 g/mol. The highest BCUT2D eigenvalue weighted by Crippen LogP contribution is 2.19. The van der Waals surface area contributed by atoms with Gasteiger partial charge in [-0.15, -0.1) is 0 Å². The summed E-state index contributed by atoms with van der Waals surface area (Å²) in [6, 6.07) is 16.0. The number of hydrogen-bond donors (Lipinski definition) is 1. The summed E-state index contributed by atoms with van der Waals surface area (Å²) in [6.45, 7) is 13.8. The third kappa shape index (κ3) is 9.96. The number of benzene rings is 2. The fourth-order valence-electron chi connectivity index (χ4n) is 3.04. The zero-order chi connectivity index (χ0) is 18.8. The average Bonchev–Trinajstić information content (AvgIpc) is 2.46. The summed E-state index contributed by atoms with van der Waals surface area (Å²) in [7, 11) is 0. The van der Waals surface area contributed by atoms with Crippen LogP contribution in [0.25, 0.3) is 0 Å². The molecule has 1 heteroatoms. The molecule has 0 aliphatic rings. The van der Waals surface area contributed by atoms with Gasteiger partial charge in [0.25, 0.3) is 0 Å². The molecule has 25 heavy (non-hydrogen) atoms. The van der Waals surface area contributed by atoms with Gasteiger partial charge in [0.2, 0.25) is 0 Å². The molecule has 0 aromatic heterocycles. The Morgan fingerprint density at radius 2 is 0.920 bits per heavy atom. The molecule has 1 nitrogen and oxygen atoms in total. The van der Waals surface area contributed by atoms with E-state index in [4.69, 9.17) is 5.11 Å². The van der Waals surface area contributed by atoms with Gasteiger partial charge in [-0.2, -0.15) is 0 Å². The highest BCUT2D eigenvalue weighted by Gasteiger charge is 2.06. The minimum absolute atomic E-state index is 0.322. The molecule has 0 spiro atoms. The lowest BCUT2D eigenvalue weighted by molar-refractivity contribution is 0.475. The number of para-hydroxylation sites is 1. The molecule has 1 N–H and O–H groups in total. The molecular formula is C24H36O. The first-order valence-electron chi connectivity index (χ1n) is 9.62. The van der Waals surface area contributed by atoms with Gasteiger partial charge in [0.15, 0.2) is 0 Å². The third-order valence-electron chi connectivity index (χ3n) is 3.80. The van der Waals surface area contributed by atoms with E-state index in [9.17, 15) is 0 Å². The minimum Gasteiger partial charge on any atom is -0.508 e. The monoisotopic (exact) mass is 340 g/mol. The Morgan fingerprint density at radius 1 is 0.600 bits per heavy atom. The van der Waals surface area contributed by atoms with Gasteiger partial charge in [-0.1, -0.05) is 77.9 Å². The second-order valence-corrected chi connectivity index (χ2v) is 8.29. The van der Waals surface area contributed by atoms with Crippen molar-refractivity contribution in [2.45, 2.75) is 60.8 Å². The molecule has 2 rings (SSSR count). The predicted molar refractivity (Wildman–Crippen MR) is 110 cm³/mol. The highest BCUT2D eigenvalue weighted by atomic mass is 16.3. The minimum atomic E-state index is 0.322. The summed E-state index contributed by atoms with van der Waals surface area (Å²) in [5, 5.41) is 8.63. The molecule has 0 amide bonds. The summed E-state index contributed by atoms with van der Waals surface area (Å²) in [5.74, 6) is 2.55. The lowest BCUT2D eigenvalue weighted by atomic mass is 9.92. The van der Waals surface area contributed by atoms with Crippen LogP contribution in [0.15, 0.2) is 48.5 Å². The fraction of sp³-hybridized carbons (Fsp3) is 0.500. The van der Waals surface area contributed by atoms with E-state index < -0.39 is 0 Å². The molecule has 0 saturated carbocycles. The Kier molecular flexibility index (Phi) is 9.34. The van der Waals surface area contributed by atoms with Crippen LogP contribution in [0.3, 0.4) is 0 Å². The number of phenolic OH excluding ortho intramolecular Hbond substituents is 1. The van der Waals surface area contributed by atoms with Crippen LogP contribution in [0.5, 0.6) is 5.75 Å². The summed E-state index contributed by atoms with van der Waals surface area (Å²) in [4.78, 5) is 0. The van der Waals surface area contributed by atoms with Crippen molar-refractivity contribution < 1.29 is 5.11 Å². The Morgan fingerprint density at radius 3 is 1.12 bits per heavy atom. The Labute approximate surface area is 155 Å². The van der Waals surface area contributed by atoms with Crippen molar-refractivity contribution in [1.29, 1.82) is 0 Å². The molecule has 2 aromatic carbocycles. The van der Waals surface area contributed by atoms with Crippen molar-refractivity contribution >= 4 is 0 Å². The van der Waals surface area contributed by atoms with Crippen LogP contribution in [0.4, 0.5) is 0 Å². The molecule has 138 valence electrons. The standard InChI is InChI=1S/C18H30.C6H6O/c1-13(2)7-16-10-17(8-14(3)4)12-18(11-16)9-15(5)6;7-6-4-2-1-3-5-6/h10-15H,7-9H2,1-6H3;1-5,7H. The van der Waals surface area contributed by atoms with E-state index in [0.717, 1.165) is 17.8 Å². The first kappa shape index (κ1) is 21.3. The van der Waals surface area contributed by atoms with Gasteiger partial charge in [0.1, 0.15) is 5.75 Å². The smallest absolute Gasteiger partial charge is 0.115 e. The van der Waals surface area contributed by atoms with Gasteiger partial charge in [0.05, 0.1) is 0 Å². The van der Waals surface area contributed by atoms with Gasteiger partial charge >= 0.3 is 0 Å². The molecule has 2 aromatic rings. The van der Waals surface area contributed by atoms with Gasteiger partial charge < -0.3 is 5.11 Å². The van der Waals surface area contributed by atoms with Crippen molar-refractivity contribution in [2.75, 3.05) is 0 Å². The maximum atomic E-state index is 8.63. The van der Waals surface area contributed by atoms with Crippen LogP contribution < -0.4 is 0 Å². The Hall–Kier alpha value is -1.76. The lowest BCUT2D eigenvalue weighted by Gasteiger charge is -2.14. The molecule has 0 radical (unpaired) electrons. The number of aromatic hydroxyl groups is 1. The van der Waals surface area contributed by atoms with Gasteiger partial charge in [-0.25, -0.2) is 0 Å². The van der Waals surface area contributed by atoms with Crippen LogP contribution in [0.1, 0.15) is 58.2 Å². The van der Waals surface area contributed by atoms with Crippen LogP contribution in [0.2, 0.25) is 0 Å². The Balaban J connectivity index is 0.000000370. The van der Waals surface area contributed by atoms with E-state index in [0.29, 0.717) is 5.75 Å². The van der Waals surface area contributed by atoms with Crippen molar-refractivity contribution in [2.24, 2.45) is 17.8 Å². The van der Waals surface area contributed by atoms with Crippen LogP contribution in [-0.2, 0) is 19.3 Å². The molecule has 0 atom stereocenters. The van der Waals surface area contributed by atoms with Crippen LogP contribution in [0, 0.1) is 17.8 Å². The molecule has 0 bridgehead atoms. The largest absolute Gasteiger partial charge is 0.508 e. The van der Waals surface area contributed by atoms with Gasteiger partial charge in [-0.3, -0.25) is 0 Å². The van der Waals surface area contributed by atoms with E-state index >= 15 is 0 Å². The van der Waals surface area contributed by atoms with Crippen molar-refractivity contribution in [3.63, 3.8) is 0 Å². The van der Waals surface area contributed by atoms with Crippen LogP contribution in [-0.4, -0.2) is 5.11 Å². The number of hydrogen-bond acceptors (Lipinski definition) is 1. The second kappa shape index (κ2) is 11.0. The zero-order valence-electron chi connectivity index (χ0n) is 16.9. The maximum Gasteiger partial charge on any atom is 0.115 e. The molecule has 0 aliphatic carbocycles. The first-order valence-corrected chi connectivity index (χ1v) is 9.62. The summed E-state index contributed by atoms with van der Waals surface area (Å²) < 4.78 is 0. The van der Waals surface area contributed by atoms with Crippen molar-refractivity contribution in [1.82, 2.24) is 0 Å². The molecule has 0 aliphatic heterocycles. The summed E-state index contributed by atoms with van der Waals surface area (Å²) >= 11 is 0. The highest BCUT2D eigenvalue weighted by molar-refractivity contribution is 5.31. The SMILES string of the molecule is CC(C)Cc1cc(CC(C)C)cc(CC(C)C)c1.Oc1ccccc1. The average molecular weight is 341 g/mol. The summed E-state index contributed by atoms with van der Waals surface area (Å²) in [5.41, 5.74) is 4.58. The third-order valence-corrected chi connectivity index (χ3v) is 3.80. The molecule has 0 saturated heterocycles. The Bertz CT molecular complexity index is 527. The molecule has 0 fully saturated rings. The molecule has 0 heterocycles. The van der Waals surface area contributed by atoms with Crippen LogP contribution >= 0.6 is 0 Å². The number of rotatable bonds is 6. The normalized spacial score (nSPS) is 10.9. The topological polar surface area (TPSA) is 20.2 Å². The maximum absolute atomic E-state index is 8.63. The second-order valence-electron chi connectivity index (χ2n) is 8.29. The quantitative estimate of drug-likeness (QED) is 0.622. The van der Waals surface area contributed by atoms with E-state index in [1.54, 1.807) is 24.3 Å². The first-order chi connectivity index (χ1) is 11.8. The zero-order valence-corrected chi connectivity index (χ0v) is 16.9. The van der Waals surface area contributed by atoms with Gasteiger partial charge in [-0.05, 0) is 65.8 Å². The van der Waals surface area contributed by atoms with E-state index in [2.05, 4.69) is 59.7 Å². The van der Waals surface area contributed by atoms with Crippen molar-refractivity contribution in [3.05, 3.63) is 65.2 Å². The van der Waals surface area contributed by atoms with E-state index in [1.807, 2.05) is 6.07 Å². The predicted octanol–water partition coefficient (Wildman–Crippen LogP) is 6.67. The van der Waals surface area contributed by atoms with E-state index in [1.165, 1.54) is 36.0 Å². The lowest BCUT2D eigenvalue weighted by Crippen LogP contribution is -2.02. The van der Waals surface area contributed by atoms with E-state index in [-0.39, 0.29) is 0 Å². The van der Waals surface area contributed by atoms with Crippen molar-refractivity contribution in [3.8, 4) is 5.75 Å². The van der Waals surface area contributed by atoms with Gasteiger partial charge in [0, 0.05) is 0 Å². The fourth-order valence-corrected chi connectivity index (χ4v) is 3.04. The molecule has 0 unspecified atom stereocenters. The summed E-state index contributed by atoms with van der Waals surface area (Å²) in [6.07, 6.45) is 3.62.